The van der Waals surface area contributed by atoms with Crippen LogP contribution in [-0.4, -0.2) is 28.0 Å². The maximum absolute atomic E-state index is 13.1. The Balaban J connectivity index is 1.18. The Morgan fingerprint density at radius 1 is 1.17 bits per heavy atom. The number of H-pyrrole nitrogens is 1. The van der Waals surface area contributed by atoms with E-state index in [2.05, 4.69) is 14.9 Å². The van der Waals surface area contributed by atoms with E-state index in [0.717, 1.165) is 53.9 Å². The van der Waals surface area contributed by atoms with Crippen molar-refractivity contribution in [1.29, 1.82) is 0 Å². The van der Waals surface area contributed by atoms with Crippen LogP contribution in [0, 0.1) is 11.7 Å². The number of thiazole rings is 1. The quantitative estimate of drug-likeness (QED) is 0.499. The number of piperidine rings is 1. The van der Waals surface area contributed by atoms with E-state index in [-0.39, 0.29) is 10.7 Å². The lowest BCUT2D eigenvalue weighted by Gasteiger charge is -2.31. The summed E-state index contributed by atoms with van der Waals surface area (Å²) in [6.45, 7) is 2.71. The molecule has 1 saturated heterocycles. The zero-order valence-corrected chi connectivity index (χ0v) is 17.3. The number of hydrogen-bond acceptors (Lipinski definition) is 5. The van der Waals surface area contributed by atoms with Crippen LogP contribution in [0.25, 0.3) is 21.5 Å². The SMILES string of the molecule is O=c1[nH]c2ccc(-c3cnc(CN4CCC(Cc5ccc(F)cc5)CC4)o3)cc2s1. The third kappa shape index (κ3) is 4.22. The molecule has 0 radical (unpaired) electrons. The number of fused-ring (bicyclic) bond motifs is 1. The van der Waals surface area contributed by atoms with Crippen LogP contribution in [0.5, 0.6) is 0 Å². The molecule has 1 aliphatic heterocycles. The number of aromatic amines is 1. The van der Waals surface area contributed by atoms with Gasteiger partial charge < -0.3 is 9.40 Å². The summed E-state index contributed by atoms with van der Waals surface area (Å²) in [5.74, 6) is 1.89. The first-order valence-corrected chi connectivity index (χ1v) is 11.0. The first-order chi connectivity index (χ1) is 14.6. The molecule has 0 saturated carbocycles. The Hall–Kier alpha value is -2.77. The summed E-state index contributed by atoms with van der Waals surface area (Å²) in [7, 11) is 0. The zero-order valence-electron chi connectivity index (χ0n) is 16.4. The number of likely N-dealkylation sites (tertiary alicyclic amines) is 1. The first-order valence-electron chi connectivity index (χ1n) is 10.2. The molecule has 2 aromatic carbocycles. The molecule has 0 atom stereocenters. The Morgan fingerprint density at radius 3 is 2.77 bits per heavy atom. The smallest absolute Gasteiger partial charge is 0.305 e. The lowest BCUT2D eigenvalue weighted by Crippen LogP contribution is -2.33. The predicted molar refractivity (Wildman–Crippen MR) is 116 cm³/mol. The number of nitrogens with one attached hydrogen (secondary N) is 1. The second kappa shape index (κ2) is 8.16. The van der Waals surface area contributed by atoms with Gasteiger partial charge in [0.15, 0.2) is 5.76 Å². The average Bonchev–Trinajstić information content (AvgIpc) is 3.36. The number of rotatable bonds is 5. The van der Waals surface area contributed by atoms with E-state index >= 15 is 0 Å². The fourth-order valence-corrected chi connectivity index (χ4v) is 4.88. The van der Waals surface area contributed by atoms with E-state index in [1.54, 1.807) is 18.3 Å². The molecule has 3 heterocycles. The van der Waals surface area contributed by atoms with Crippen molar-refractivity contribution in [2.45, 2.75) is 25.8 Å². The average molecular weight is 424 g/mol. The van der Waals surface area contributed by atoms with Gasteiger partial charge in [-0.2, -0.15) is 0 Å². The molecule has 5 nitrogen and oxygen atoms in total. The van der Waals surface area contributed by atoms with Gasteiger partial charge in [0.2, 0.25) is 5.89 Å². The van der Waals surface area contributed by atoms with Gasteiger partial charge in [0.25, 0.3) is 0 Å². The summed E-state index contributed by atoms with van der Waals surface area (Å²) in [5, 5.41) is 0. The molecule has 0 unspecified atom stereocenters. The first kappa shape index (κ1) is 19.2. The Kier molecular flexibility index (Phi) is 5.23. The second-order valence-electron chi connectivity index (χ2n) is 7.89. The highest BCUT2D eigenvalue weighted by molar-refractivity contribution is 7.16. The largest absolute Gasteiger partial charge is 0.439 e. The molecule has 0 bridgehead atoms. The van der Waals surface area contributed by atoms with Gasteiger partial charge in [0.1, 0.15) is 5.82 Å². The highest BCUT2D eigenvalue weighted by atomic mass is 32.1. The fourth-order valence-electron chi connectivity index (χ4n) is 4.11. The lowest BCUT2D eigenvalue weighted by molar-refractivity contribution is 0.164. The Labute approximate surface area is 177 Å². The summed E-state index contributed by atoms with van der Waals surface area (Å²) in [4.78, 5) is 21.1. The van der Waals surface area contributed by atoms with E-state index in [1.807, 2.05) is 30.3 Å². The van der Waals surface area contributed by atoms with Gasteiger partial charge in [-0.25, -0.2) is 9.37 Å². The maximum atomic E-state index is 13.1. The van der Waals surface area contributed by atoms with Gasteiger partial charge in [-0.1, -0.05) is 23.5 Å². The van der Waals surface area contributed by atoms with E-state index in [1.165, 1.54) is 16.9 Å². The summed E-state index contributed by atoms with van der Waals surface area (Å²) in [6.07, 6.45) is 5.00. The van der Waals surface area contributed by atoms with Crippen molar-refractivity contribution in [2.75, 3.05) is 13.1 Å². The number of aromatic nitrogens is 2. The molecule has 4 aromatic rings. The minimum atomic E-state index is -0.178. The van der Waals surface area contributed by atoms with E-state index in [0.29, 0.717) is 18.4 Å². The Bertz CT molecular complexity index is 1200. The molecule has 1 aliphatic rings. The molecule has 0 spiro atoms. The number of benzene rings is 2. The van der Waals surface area contributed by atoms with Gasteiger partial charge in [-0.15, -0.1) is 0 Å². The Morgan fingerprint density at radius 2 is 1.97 bits per heavy atom. The van der Waals surface area contributed by atoms with Crippen LogP contribution >= 0.6 is 11.3 Å². The molecular weight excluding hydrogens is 401 g/mol. The number of nitrogens with zero attached hydrogens (tertiary/aromatic N) is 2. The second-order valence-corrected chi connectivity index (χ2v) is 8.91. The molecule has 1 N–H and O–H groups in total. The van der Waals surface area contributed by atoms with Gasteiger partial charge >= 0.3 is 4.87 Å². The lowest BCUT2D eigenvalue weighted by atomic mass is 9.90. The van der Waals surface area contributed by atoms with Crippen LogP contribution in [0.3, 0.4) is 0 Å². The van der Waals surface area contributed by atoms with Crippen molar-refractivity contribution in [3.63, 3.8) is 0 Å². The van der Waals surface area contributed by atoms with Gasteiger partial charge in [-0.05, 0) is 74.2 Å². The van der Waals surface area contributed by atoms with E-state index in [9.17, 15) is 9.18 Å². The van der Waals surface area contributed by atoms with Crippen molar-refractivity contribution in [3.05, 3.63) is 75.6 Å². The molecule has 0 aliphatic carbocycles. The van der Waals surface area contributed by atoms with Gasteiger partial charge in [0.05, 0.1) is 23.0 Å². The van der Waals surface area contributed by atoms with Crippen LogP contribution in [0.1, 0.15) is 24.3 Å². The third-order valence-corrected chi connectivity index (χ3v) is 6.61. The minimum absolute atomic E-state index is 0.0526. The molecule has 0 amide bonds. The maximum Gasteiger partial charge on any atom is 0.305 e. The molecule has 7 heteroatoms. The fraction of sp³-hybridized carbons (Fsp3) is 0.304. The number of halogens is 1. The van der Waals surface area contributed by atoms with Crippen LogP contribution in [0.4, 0.5) is 4.39 Å². The molecule has 2 aromatic heterocycles. The molecule has 30 heavy (non-hydrogen) atoms. The normalized spacial score (nSPS) is 15.8. The molecule has 1 fully saturated rings. The van der Waals surface area contributed by atoms with Gasteiger partial charge in [0, 0.05) is 5.56 Å². The van der Waals surface area contributed by atoms with Crippen molar-refractivity contribution in [2.24, 2.45) is 5.92 Å². The topological polar surface area (TPSA) is 62.1 Å². The highest BCUT2D eigenvalue weighted by Gasteiger charge is 2.21. The van der Waals surface area contributed by atoms with Gasteiger partial charge in [-0.3, -0.25) is 9.69 Å². The van der Waals surface area contributed by atoms with Crippen LogP contribution in [0.15, 0.2) is 57.9 Å². The van der Waals surface area contributed by atoms with Crippen molar-refractivity contribution >= 4 is 21.6 Å². The summed E-state index contributed by atoms with van der Waals surface area (Å²) in [6, 6.07) is 12.7. The van der Waals surface area contributed by atoms with Crippen LogP contribution < -0.4 is 4.87 Å². The highest BCUT2D eigenvalue weighted by Crippen LogP contribution is 2.27. The van der Waals surface area contributed by atoms with Crippen molar-refractivity contribution in [1.82, 2.24) is 14.9 Å². The van der Waals surface area contributed by atoms with Crippen LogP contribution in [-0.2, 0) is 13.0 Å². The van der Waals surface area contributed by atoms with Crippen molar-refractivity contribution in [3.8, 4) is 11.3 Å². The summed E-state index contributed by atoms with van der Waals surface area (Å²) in [5.41, 5.74) is 2.98. The third-order valence-electron chi connectivity index (χ3n) is 5.76. The monoisotopic (exact) mass is 423 g/mol. The van der Waals surface area contributed by atoms with Crippen LogP contribution in [0.2, 0.25) is 0 Å². The molecule has 154 valence electrons. The molecule has 5 rings (SSSR count). The van der Waals surface area contributed by atoms with E-state index in [4.69, 9.17) is 4.42 Å². The zero-order chi connectivity index (χ0) is 20.5. The molecular formula is C23H22FN3O2S. The summed E-state index contributed by atoms with van der Waals surface area (Å²) < 4.78 is 20.0. The van der Waals surface area contributed by atoms with Crippen molar-refractivity contribution < 1.29 is 8.81 Å². The minimum Gasteiger partial charge on any atom is -0.439 e. The standard InChI is InChI=1S/C23H22FN3O2S/c24-18-4-1-15(2-5-18)11-16-7-9-27(10-8-16)14-22-25-13-20(29-22)17-3-6-19-21(12-17)30-23(28)26-19/h1-6,12-13,16H,7-11,14H2,(H,26,28). The number of hydrogen-bond donors (Lipinski definition) is 1. The van der Waals surface area contributed by atoms with E-state index < -0.39 is 0 Å². The predicted octanol–water partition coefficient (Wildman–Crippen LogP) is 4.84. The summed E-state index contributed by atoms with van der Waals surface area (Å²) >= 11 is 1.20. The number of oxazole rings is 1.